The number of urea groups is 1. The molecule has 5 rings (SSSR count). The zero-order valence-corrected chi connectivity index (χ0v) is 16.1. The van der Waals surface area contributed by atoms with Crippen LogP contribution in [0.1, 0.15) is 36.5 Å². The molecular weight excluding hydrogens is 350 g/mol. The fourth-order valence-corrected chi connectivity index (χ4v) is 5.07. The average molecular weight is 375 g/mol. The molecule has 1 atom stereocenters. The molecule has 3 amide bonds. The summed E-state index contributed by atoms with van der Waals surface area (Å²) in [6.07, 6.45) is 2.86. The SMILES string of the molecule is C[C@@]1(C2CCN(Cc3ccc4c(c3)Cc3ccccc3-4)CC2)NC(=O)NC1=O. The zero-order valence-electron chi connectivity index (χ0n) is 16.1. The summed E-state index contributed by atoms with van der Waals surface area (Å²) in [6, 6.07) is 15.2. The zero-order chi connectivity index (χ0) is 19.3. The van der Waals surface area contributed by atoms with Gasteiger partial charge in [0.1, 0.15) is 5.54 Å². The highest BCUT2D eigenvalue weighted by Gasteiger charge is 2.48. The number of rotatable bonds is 3. The Morgan fingerprint density at radius 2 is 1.79 bits per heavy atom. The van der Waals surface area contributed by atoms with E-state index in [4.69, 9.17) is 0 Å². The van der Waals surface area contributed by atoms with Gasteiger partial charge < -0.3 is 5.32 Å². The summed E-state index contributed by atoms with van der Waals surface area (Å²) < 4.78 is 0. The van der Waals surface area contributed by atoms with Gasteiger partial charge in [-0.1, -0.05) is 42.5 Å². The quantitative estimate of drug-likeness (QED) is 0.692. The van der Waals surface area contributed by atoms with Crippen molar-refractivity contribution in [2.75, 3.05) is 13.1 Å². The highest BCUT2D eigenvalue weighted by atomic mass is 16.2. The molecule has 0 unspecified atom stereocenters. The van der Waals surface area contributed by atoms with Gasteiger partial charge in [0.25, 0.3) is 5.91 Å². The first kappa shape index (κ1) is 17.4. The summed E-state index contributed by atoms with van der Waals surface area (Å²) >= 11 is 0. The Morgan fingerprint density at radius 3 is 2.54 bits per heavy atom. The maximum absolute atomic E-state index is 12.2. The molecule has 1 aliphatic carbocycles. The van der Waals surface area contributed by atoms with Gasteiger partial charge in [0.05, 0.1) is 0 Å². The molecule has 2 aliphatic heterocycles. The summed E-state index contributed by atoms with van der Waals surface area (Å²) in [5.74, 6) is -0.00106. The lowest BCUT2D eigenvalue weighted by Gasteiger charge is -2.38. The predicted octanol–water partition coefficient (Wildman–Crippen LogP) is 3.07. The summed E-state index contributed by atoms with van der Waals surface area (Å²) in [5, 5.41) is 5.22. The number of imide groups is 1. The van der Waals surface area contributed by atoms with Gasteiger partial charge in [-0.05, 0) is 73.0 Å². The van der Waals surface area contributed by atoms with Gasteiger partial charge in [-0.25, -0.2) is 4.79 Å². The number of benzene rings is 2. The first-order valence-corrected chi connectivity index (χ1v) is 10.1. The molecule has 0 spiro atoms. The number of nitrogens with one attached hydrogen (secondary N) is 2. The largest absolute Gasteiger partial charge is 0.323 e. The topological polar surface area (TPSA) is 61.4 Å². The van der Waals surface area contributed by atoms with Crippen LogP contribution < -0.4 is 10.6 Å². The highest BCUT2D eigenvalue weighted by Crippen LogP contribution is 2.37. The minimum Gasteiger partial charge on any atom is -0.323 e. The van der Waals surface area contributed by atoms with Crippen LogP contribution in [0.2, 0.25) is 0 Å². The molecule has 2 N–H and O–H groups in total. The van der Waals surface area contributed by atoms with Gasteiger partial charge in [0, 0.05) is 6.54 Å². The smallest absolute Gasteiger partial charge is 0.322 e. The predicted molar refractivity (Wildman–Crippen MR) is 108 cm³/mol. The van der Waals surface area contributed by atoms with Crippen molar-refractivity contribution in [2.24, 2.45) is 5.92 Å². The molecule has 0 radical (unpaired) electrons. The Balaban J connectivity index is 1.24. The molecule has 5 heteroatoms. The van der Waals surface area contributed by atoms with Crippen molar-refractivity contribution >= 4 is 11.9 Å². The van der Waals surface area contributed by atoms with Crippen molar-refractivity contribution < 1.29 is 9.59 Å². The lowest BCUT2D eigenvalue weighted by Crippen LogP contribution is -2.53. The van der Waals surface area contributed by atoms with Crippen LogP contribution in [0.5, 0.6) is 0 Å². The van der Waals surface area contributed by atoms with E-state index in [1.54, 1.807) is 0 Å². The fraction of sp³-hybridized carbons (Fsp3) is 0.391. The first-order chi connectivity index (χ1) is 13.5. The number of piperidine rings is 1. The Labute approximate surface area is 165 Å². The van der Waals surface area contributed by atoms with Gasteiger partial charge in [0.15, 0.2) is 0 Å². The van der Waals surface area contributed by atoms with Crippen molar-refractivity contribution in [3.05, 3.63) is 59.2 Å². The molecule has 28 heavy (non-hydrogen) atoms. The average Bonchev–Trinajstić information content (AvgIpc) is 3.18. The monoisotopic (exact) mass is 375 g/mol. The second-order valence-corrected chi connectivity index (χ2v) is 8.49. The van der Waals surface area contributed by atoms with E-state index in [1.165, 1.54) is 27.8 Å². The van der Waals surface area contributed by atoms with Crippen LogP contribution >= 0.6 is 0 Å². The summed E-state index contributed by atoms with van der Waals surface area (Å²) in [7, 11) is 0. The molecule has 5 nitrogen and oxygen atoms in total. The van der Waals surface area contributed by atoms with Gasteiger partial charge in [0.2, 0.25) is 0 Å². The van der Waals surface area contributed by atoms with Gasteiger partial charge in [-0.2, -0.15) is 0 Å². The summed E-state index contributed by atoms with van der Waals surface area (Å²) in [6.45, 7) is 4.68. The molecular formula is C23H25N3O2. The summed E-state index contributed by atoms with van der Waals surface area (Å²) in [4.78, 5) is 26.2. The van der Waals surface area contributed by atoms with E-state index in [9.17, 15) is 9.59 Å². The third kappa shape index (κ3) is 2.81. The van der Waals surface area contributed by atoms with E-state index in [1.807, 2.05) is 6.92 Å². The molecule has 0 bridgehead atoms. The standard InChI is InChI=1S/C23H25N3O2/c1-23(21(27)24-22(28)25-23)18-8-10-26(11-9-18)14-15-6-7-20-17(12-15)13-16-4-2-3-5-19(16)20/h2-7,12,18H,8-11,13-14H2,1H3,(H2,24,25,27,28)/t23-/m0/s1. The van der Waals surface area contributed by atoms with E-state index in [0.717, 1.165) is 38.9 Å². The number of hydrogen-bond donors (Lipinski definition) is 2. The molecule has 2 aromatic rings. The Morgan fingerprint density at radius 1 is 1.04 bits per heavy atom. The second-order valence-electron chi connectivity index (χ2n) is 8.49. The number of amides is 3. The number of carbonyl (C=O) groups excluding carboxylic acids is 2. The van der Waals surface area contributed by atoms with E-state index in [0.29, 0.717) is 0 Å². The van der Waals surface area contributed by atoms with Gasteiger partial charge >= 0.3 is 6.03 Å². The normalized spacial score (nSPS) is 24.6. The van der Waals surface area contributed by atoms with Crippen LogP contribution in [0.3, 0.4) is 0 Å². The number of likely N-dealkylation sites (tertiary alicyclic amines) is 1. The molecule has 2 fully saturated rings. The van der Waals surface area contributed by atoms with Gasteiger partial charge in [-0.3, -0.25) is 15.0 Å². The molecule has 0 saturated carbocycles. The minimum absolute atomic E-state index is 0.185. The van der Waals surface area contributed by atoms with E-state index in [2.05, 4.69) is 58.0 Å². The lowest BCUT2D eigenvalue weighted by molar-refractivity contribution is -0.125. The van der Waals surface area contributed by atoms with E-state index >= 15 is 0 Å². The number of nitrogens with zero attached hydrogens (tertiary/aromatic N) is 1. The Bertz CT molecular complexity index is 962. The van der Waals surface area contributed by atoms with E-state index in [-0.39, 0.29) is 17.9 Å². The number of hydrogen-bond acceptors (Lipinski definition) is 3. The molecule has 144 valence electrons. The third-order valence-electron chi connectivity index (χ3n) is 6.74. The van der Waals surface area contributed by atoms with Crippen LogP contribution in [0.15, 0.2) is 42.5 Å². The molecule has 0 aromatic heterocycles. The van der Waals surface area contributed by atoms with Crippen molar-refractivity contribution in [3.8, 4) is 11.1 Å². The van der Waals surface area contributed by atoms with Crippen molar-refractivity contribution in [1.29, 1.82) is 0 Å². The third-order valence-corrected chi connectivity index (χ3v) is 6.74. The molecule has 3 aliphatic rings. The summed E-state index contributed by atoms with van der Waals surface area (Å²) in [5.41, 5.74) is 6.17. The number of carbonyl (C=O) groups is 2. The fourth-order valence-electron chi connectivity index (χ4n) is 5.07. The minimum atomic E-state index is -0.761. The molecule has 2 heterocycles. The van der Waals surface area contributed by atoms with Crippen LogP contribution in [0.4, 0.5) is 4.79 Å². The highest BCUT2D eigenvalue weighted by molar-refractivity contribution is 6.06. The first-order valence-electron chi connectivity index (χ1n) is 10.1. The van der Waals surface area contributed by atoms with Crippen molar-refractivity contribution in [1.82, 2.24) is 15.5 Å². The Hall–Kier alpha value is -2.66. The molecule has 2 aromatic carbocycles. The van der Waals surface area contributed by atoms with Crippen LogP contribution in [-0.4, -0.2) is 35.5 Å². The maximum Gasteiger partial charge on any atom is 0.322 e. The molecule has 2 saturated heterocycles. The van der Waals surface area contributed by atoms with Gasteiger partial charge in [-0.15, -0.1) is 0 Å². The van der Waals surface area contributed by atoms with Crippen molar-refractivity contribution in [2.45, 2.75) is 38.3 Å². The maximum atomic E-state index is 12.2. The van der Waals surface area contributed by atoms with Crippen molar-refractivity contribution in [3.63, 3.8) is 0 Å². The second kappa shape index (κ2) is 6.45. The van der Waals surface area contributed by atoms with E-state index < -0.39 is 5.54 Å². The van der Waals surface area contributed by atoms with Crippen LogP contribution in [-0.2, 0) is 17.8 Å². The lowest BCUT2D eigenvalue weighted by atomic mass is 9.79. The number of fused-ring (bicyclic) bond motifs is 3. The Kier molecular flexibility index (Phi) is 4.02. The van der Waals surface area contributed by atoms with Crippen LogP contribution in [0.25, 0.3) is 11.1 Å². The van der Waals surface area contributed by atoms with Crippen LogP contribution in [0, 0.1) is 5.92 Å².